The molecule has 0 unspecified atom stereocenters. The Labute approximate surface area is 173 Å². The maximum Gasteiger partial charge on any atom is 0.252 e. The van der Waals surface area contributed by atoms with Crippen LogP contribution in [0.5, 0.6) is 11.5 Å². The van der Waals surface area contributed by atoms with Crippen molar-refractivity contribution >= 4 is 5.91 Å². The highest BCUT2D eigenvalue weighted by atomic mass is 16.5. The molecular formula is C22H22N4O4. The molecule has 2 aliphatic heterocycles. The molecule has 8 heteroatoms. The maximum atomic E-state index is 12.2. The van der Waals surface area contributed by atoms with Crippen LogP contribution >= 0.6 is 0 Å². The summed E-state index contributed by atoms with van der Waals surface area (Å²) in [6.45, 7) is 2.76. The third kappa shape index (κ3) is 3.86. The standard InChI is InChI=1S/C22H22N4O4/c27-22(16-3-1-6-23-10-16)24-11-17-12-26-13-18(25-21(26)14-30-17)15-4-5-19-20(9-15)29-8-2-7-28-19/h1,3-6,9-10,13,17H,2,7-8,11-12,14H2,(H,24,27)/t17-/m0/s1. The summed E-state index contributed by atoms with van der Waals surface area (Å²) in [6, 6.07) is 9.38. The number of carbonyl (C=O) groups excluding carboxylic acids is 1. The van der Waals surface area contributed by atoms with Gasteiger partial charge in [-0.05, 0) is 30.3 Å². The smallest absolute Gasteiger partial charge is 0.252 e. The van der Waals surface area contributed by atoms with Gasteiger partial charge in [-0.2, -0.15) is 0 Å². The van der Waals surface area contributed by atoms with Gasteiger partial charge in [-0.25, -0.2) is 4.98 Å². The molecule has 1 aromatic carbocycles. The normalized spacial score (nSPS) is 17.7. The lowest BCUT2D eigenvalue weighted by molar-refractivity contribution is 0.00327. The van der Waals surface area contributed by atoms with Crippen molar-refractivity contribution in [2.75, 3.05) is 19.8 Å². The monoisotopic (exact) mass is 406 g/mol. The highest BCUT2D eigenvalue weighted by Gasteiger charge is 2.22. The lowest BCUT2D eigenvalue weighted by atomic mass is 10.1. The van der Waals surface area contributed by atoms with Gasteiger partial charge < -0.3 is 24.1 Å². The van der Waals surface area contributed by atoms with Crippen molar-refractivity contribution in [3.8, 4) is 22.8 Å². The molecule has 2 aromatic heterocycles. The Morgan fingerprint density at radius 3 is 2.97 bits per heavy atom. The molecule has 0 bridgehead atoms. The lowest BCUT2D eigenvalue weighted by Crippen LogP contribution is -2.38. The number of rotatable bonds is 4. The van der Waals surface area contributed by atoms with Gasteiger partial charge in [0.1, 0.15) is 12.4 Å². The summed E-state index contributed by atoms with van der Waals surface area (Å²) in [7, 11) is 0. The molecule has 0 saturated heterocycles. The van der Waals surface area contributed by atoms with E-state index in [0.717, 1.165) is 35.0 Å². The average molecular weight is 406 g/mol. The molecule has 1 N–H and O–H groups in total. The van der Waals surface area contributed by atoms with Gasteiger partial charge in [0.15, 0.2) is 11.5 Å². The van der Waals surface area contributed by atoms with E-state index in [1.165, 1.54) is 0 Å². The van der Waals surface area contributed by atoms with Crippen LogP contribution in [0.2, 0.25) is 0 Å². The highest BCUT2D eigenvalue weighted by Crippen LogP contribution is 2.34. The van der Waals surface area contributed by atoms with Crippen LogP contribution in [0.25, 0.3) is 11.3 Å². The largest absolute Gasteiger partial charge is 0.490 e. The number of carbonyl (C=O) groups is 1. The van der Waals surface area contributed by atoms with Crippen LogP contribution < -0.4 is 14.8 Å². The zero-order valence-electron chi connectivity index (χ0n) is 16.4. The summed E-state index contributed by atoms with van der Waals surface area (Å²) in [6.07, 6.45) is 5.96. The number of nitrogens with one attached hydrogen (secondary N) is 1. The Kier molecular flexibility index (Phi) is 5.06. The Bertz CT molecular complexity index is 1050. The summed E-state index contributed by atoms with van der Waals surface area (Å²) in [5.74, 6) is 2.24. The van der Waals surface area contributed by atoms with Crippen LogP contribution in [0, 0.1) is 0 Å². The Balaban J connectivity index is 1.26. The van der Waals surface area contributed by atoms with Gasteiger partial charge in [0.25, 0.3) is 5.91 Å². The molecule has 154 valence electrons. The van der Waals surface area contributed by atoms with Crippen LogP contribution in [-0.4, -0.2) is 46.3 Å². The van der Waals surface area contributed by atoms with Crippen LogP contribution in [0.3, 0.4) is 0 Å². The van der Waals surface area contributed by atoms with Gasteiger partial charge in [0, 0.05) is 37.1 Å². The molecule has 4 heterocycles. The molecular weight excluding hydrogens is 384 g/mol. The number of hydrogen-bond donors (Lipinski definition) is 1. The summed E-state index contributed by atoms with van der Waals surface area (Å²) in [5.41, 5.74) is 2.38. The van der Waals surface area contributed by atoms with E-state index in [2.05, 4.69) is 14.9 Å². The van der Waals surface area contributed by atoms with Crippen LogP contribution in [0.1, 0.15) is 22.6 Å². The Morgan fingerprint density at radius 1 is 1.20 bits per heavy atom. The lowest BCUT2D eigenvalue weighted by Gasteiger charge is -2.24. The zero-order valence-corrected chi connectivity index (χ0v) is 16.4. The molecule has 2 aliphatic rings. The Morgan fingerprint density at radius 2 is 2.10 bits per heavy atom. The number of nitrogens with zero attached hydrogens (tertiary/aromatic N) is 3. The molecule has 0 radical (unpaired) electrons. The van der Waals surface area contributed by atoms with E-state index in [-0.39, 0.29) is 12.0 Å². The summed E-state index contributed by atoms with van der Waals surface area (Å²) < 4.78 is 19.5. The molecule has 0 saturated carbocycles. The number of imidazole rings is 1. The van der Waals surface area contributed by atoms with Crippen molar-refractivity contribution in [3.63, 3.8) is 0 Å². The third-order valence-electron chi connectivity index (χ3n) is 5.16. The fraction of sp³-hybridized carbons (Fsp3) is 0.318. The molecule has 0 spiro atoms. The molecule has 30 heavy (non-hydrogen) atoms. The van der Waals surface area contributed by atoms with E-state index in [1.807, 2.05) is 24.4 Å². The van der Waals surface area contributed by atoms with Gasteiger partial charge >= 0.3 is 0 Å². The number of pyridine rings is 1. The first kappa shape index (κ1) is 18.6. The zero-order chi connectivity index (χ0) is 20.3. The first-order valence-electron chi connectivity index (χ1n) is 10.0. The average Bonchev–Trinajstić information content (AvgIpc) is 3.07. The van der Waals surface area contributed by atoms with E-state index in [1.54, 1.807) is 24.5 Å². The molecule has 5 rings (SSSR count). The first-order valence-corrected chi connectivity index (χ1v) is 10.0. The van der Waals surface area contributed by atoms with Gasteiger partial charge in [0.05, 0.1) is 37.1 Å². The molecule has 1 atom stereocenters. The van der Waals surface area contributed by atoms with E-state index >= 15 is 0 Å². The summed E-state index contributed by atoms with van der Waals surface area (Å²) in [4.78, 5) is 20.9. The predicted octanol–water partition coefficient (Wildman–Crippen LogP) is 2.44. The van der Waals surface area contributed by atoms with Crippen molar-refractivity contribution in [2.45, 2.75) is 25.7 Å². The number of fused-ring (bicyclic) bond motifs is 2. The minimum absolute atomic E-state index is 0.121. The molecule has 3 aromatic rings. The molecule has 8 nitrogen and oxygen atoms in total. The SMILES string of the molecule is O=C(NC[C@H]1Cn2cc(-c3ccc4c(c3)OCCCO4)nc2CO1)c1cccnc1. The Hall–Kier alpha value is -3.39. The molecule has 0 aliphatic carbocycles. The van der Waals surface area contributed by atoms with Crippen molar-refractivity contribution in [1.29, 1.82) is 0 Å². The fourth-order valence-electron chi connectivity index (χ4n) is 3.58. The van der Waals surface area contributed by atoms with Gasteiger partial charge in [0.2, 0.25) is 0 Å². The van der Waals surface area contributed by atoms with Gasteiger partial charge in [-0.15, -0.1) is 0 Å². The number of amides is 1. The van der Waals surface area contributed by atoms with Crippen molar-refractivity contribution in [3.05, 3.63) is 60.3 Å². The van der Waals surface area contributed by atoms with E-state index in [9.17, 15) is 4.79 Å². The van der Waals surface area contributed by atoms with E-state index in [0.29, 0.717) is 38.5 Å². The quantitative estimate of drug-likeness (QED) is 0.716. The summed E-state index contributed by atoms with van der Waals surface area (Å²) in [5, 5.41) is 2.91. The topological polar surface area (TPSA) is 87.5 Å². The maximum absolute atomic E-state index is 12.2. The van der Waals surface area contributed by atoms with Crippen molar-refractivity contribution < 1.29 is 19.0 Å². The fourth-order valence-corrected chi connectivity index (χ4v) is 3.58. The second-order valence-electron chi connectivity index (χ2n) is 7.29. The molecule has 1 amide bonds. The molecule has 0 fully saturated rings. The predicted molar refractivity (Wildman–Crippen MR) is 108 cm³/mol. The van der Waals surface area contributed by atoms with Crippen molar-refractivity contribution in [1.82, 2.24) is 19.9 Å². The van der Waals surface area contributed by atoms with Crippen LogP contribution in [0.15, 0.2) is 48.9 Å². The van der Waals surface area contributed by atoms with Crippen LogP contribution in [0.4, 0.5) is 0 Å². The minimum Gasteiger partial charge on any atom is -0.490 e. The van der Waals surface area contributed by atoms with Gasteiger partial charge in [-0.3, -0.25) is 9.78 Å². The second kappa shape index (κ2) is 8.16. The first-order chi connectivity index (χ1) is 14.8. The van der Waals surface area contributed by atoms with E-state index in [4.69, 9.17) is 19.2 Å². The number of ether oxygens (including phenoxy) is 3. The van der Waals surface area contributed by atoms with Crippen LogP contribution in [-0.2, 0) is 17.9 Å². The second-order valence-corrected chi connectivity index (χ2v) is 7.29. The number of aromatic nitrogens is 3. The highest BCUT2D eigenvalue weighted by molar-refractivity contribution is 5.93. The van der Waals surface area contributed by atoms with Crippen molar-refractivity contribution in [2.24, 2.45) is 0 Å². The number of benzene rings is 1. The summed E-state index contributed by atoms with van der Waals surface area (Å²) >= 11 is 0. The minimum atomic E-state index is -0.156. The van der Waals surface area contributed by atoms with Gasteiger partial charge in [-0.1, -0.05) is 0 Å². The van der Waals surface area contributed by atoms with E-state index < -0.39 is 0 Å². The number of hydrogen-bond acceptors (Lipinski definition) is 6. The third-order valence-corrected chi connectivity index (χ3v) is 5.16.